The third-order valence-corrected chi connectivity index (χ3v) is 4.41. The molecule has 0 amide bonds. The van der Waals surface area contributed by atoms with Crippen LogP contribution >= 0.6 is 0 Å². The Labute approximate surface area is 111 Å². The van der Waals surface area contributed by atoms with Crippen LogP contribution in [0, 0.1) is 20.8 Å². The average molecular weight is 239 g/mol. The maximum Gasteiger partial charge on any atom is 0.323 e. The molecule has 0 heterocycles. The Balaban J connectivity index is 0.000000686. The lowest BCUT2D eigenvalue weighted by atomic mass is 10.2. The van der Waals surface area contributed by atoms with Gasteiger partial charge in [-0.25, -0.2) is 0 Å². The largest absolute Gasteiger partial charge is 0.323 e. The fourth-order valence-electron chi connectivity index (χ4n) is 1.65. The molecular weight excluding hydrogens is 219 g/mol. The van der Waals surface area contributed by atoms with Gasteiger partial charge in [-0.15, -0.1) is 8.85 Å². The zero-order valence-electron chi connectivity index (χ0n) is 11.0. The van der Waals surface area contributed by atoms with Crippen molar-refractivity contribution < 1.29 is 0 Å². The standard InChI is InChI=1S/2C7H7.C2H5.Al.H/c2*1-7-5-3-2-4-6-7;1-2;;/h2*3-6H,1H3;1H2,2H3;;. The zero-order chi connectivity index (χ0) is 12.7. The molecule has 0 aromatic heterocycles. The zero-order valence-corrected chi connectivity index (χ0v) is 12.4. The number of benzene rings is 2. The van der Waals surface area contributed by atoms with E-state index in [-0.39, 0.29) is 15.2 Å². The summed E-state index contributed by atoms with van der Waals surface area (Å²) in [4.78, 5) is 0. The summed E-state index contributed by atoms with van der Waals surface area (Å²) in [5.41, 5.74) is 2.69. The van der Waals surface area contributed by atoms with Gasteiger partial charge >= 0.3 is 15.2 Å². The van der Waals surface area contributed by atoms with E-state index in [2.05, 4.69) is 69.3 Å². The van der Waals surface area contributed by atoms with Gasteiger partial charge in [0, 0.05) is 0 Å². The molecule has 0 nitrogen and oxygen atoms in total. The molecule has 17 heavy (non-hydrogen) atoms. The number of rotatable bonds is 2. The van der Waals surface area contributed by atoms with Crippen LogP contribution in [0.2, 0.25) is 0 Å². The van der Waals surface area contributed by atoms with Gasteiger partial charge < -0.3 is 0 Å². The molecular formula is C16H20Al. The van der Waals surface area contributed by atoms with Crippen LogP contribution in [0.1, 0.15) is 18.1 Å². The van der Waals surface area contributed by atoms with Crippen LogP contribution in [0.4, 0.5) is 0 Å². The van der Waals surface area contributed by atoms with E-state index >= 15 is 0 Å². The van der Waals surface area contributed by atoms with Crippen LogP contribution in [0.3, 0.4) is 0 Å². The molecule has 0 bridgehead atoms. The molecule has 0 saturated heterocycles. The van der Waals surface area contributed by atoms with Crippen LogP contribution in [-0.2, 0) is 0 Å². The van der Waals surface area contributed by atoms with Crippen molar-refractivity contribution in [2.45, 2.75) is 20.8 Å². The van der Waals surface area contributed by atoms with Gasteiger partial charge in [-0.2, -0.15) is 0 Å². The quantitative estimate of drug-likeness (QED) is 0.706. The molecule has 0 atom stereocenters. The highest BCUT2D eigenvalue weighted by atomic mass is 27.1. The molecule has 0 spiro atoms. The minimum atomic E-state index is -0.266. The van der Waals surface area contributed by atoms with Crippen molar-refractivity contribution in [2.75, 3.05) is 0 Å². The fourth-order valence-corrected chi connectivity index (χ4v) is 3.06. The summed E-state index contributed by atoms with van der Waals surface area (Å²) in [5, 5.41) is 0. The van der Waals surface area contributed by atoms with Crippen molar-refractivity contribution in [1.29, 1.82) is 0 Å². The lowest BCUT2D eigenvalue weighted by molar-refractivity contribution is 1.48. The minimum Gasteiger partial charge on any atom is -0.109 e. The second kappa shape index (κ2) is 7.33. The molecule has 0 N–H and O–H groups in total. The molecule has 0 fully saturated rings. The van der Waals surface area contributed by atoms with E-state index in [1.165, 1.54) is 20.0 Å². The van der Waals surface area contributed by atoms with E-state index in [0.717, 1.165) is 0 Å². The lowest BCUT2D eigenvalue weighted by Crippen LogP contribution is -2.26. The summed E-state index contributed by atoms with van der Waals surface area (Å²) in [6.07, 6.45) is 0. The van der Waals surface area contributed by atoms with E-state index < -0.39 is 0 Å². The Morgan fingerprint density at radius 1 is 0.647 bits per heavy atom. The number of aryl methyl sites for hydroxylation is 2. The molecule has 2 aromatic rings. The minimum absolute atomic E-state index is 0.266. The molecule has 2 aromatic carbocycles. The van der Waals surface area contributed by atoms with E-state index in [1.54, 1.807) is 6.92 Å². The monoisotopic (exact) mass is 239 g/mol. The third-order valence-electron chi connectivity index (χ3n) is 2.65. The third kappa shape index (κ3) is 4.77. The molecule has 0 unspecified atom stereocenters. The molecule has 0 saturated carbocycles. The summed E-state index contributed by atoms with van der Waals surface area (Å²) < 4.78 is 3.04. The Morgan fingerprint density at radius 2 is 0.941 bits per heavy atom. The smallest absolute Gasteiger partial charge is 0.109 e. The summed E-state index contributed by atoms with van der Waals surface area (Å²) in [7, 11) is 0. The highest BCUT2D eigenvalue weighted by Gasteiger charge is 1.99. The number of hydrogen-bond donors (Lipinski definition) is 0. The van der Waals surface area contributed by atoms with E-state index in [0.29, 0.717) is 0 Å². The molecule has 0 aliphatic carbocycles. The summed E-state index contributed by atoms with van der Waals surface area (Å²) in [6.45, 7) is 9.27. The van der Waals surface area contributed by atoms with E-state index in [9.17, 15) is 0 Å². The van der Waals surface area contributed by atoms with Gasteiger partial charge in [-0.1, -0.05) is 73.5 Å². The topological polar surface area (TPSA) is 0 Å². The second-order valence-electron chi connectivity index (χ2n) is 4.15. The molecule has 0 aliphatic rings. The van der Waals surface area contributed by atoms with Crippen LogP contribution < -0.4 is 8.85 Å². The van der Waals surface area contributed by atoms with Crippen molar-refractivity contribution >= 4 is 24.1 Å². The number of hydrogen-bond acceptors (Lipinski definition) is 0. The first-order valence-corrected chi connectivity index (χ1v) is 7.47. The van der Waals surface area contributed by atoms with Gasteiger partial charge in [0.15, 0.2) is 0 Å². The van der Waals surface area contributed by atoms with Gasteiger partial charge in [-0.3, -0.25) is 0 Å². The van der Waals surface area contributed by atoms with Crippen LogP contribution in [0.15, 0.2) is 48.5 Å². The molecule has 2 rings (SSSR count). The highest BCUT2D eigenvalue weighted by molar-refractivity contribution is 6.67. The first-order chi connectivity index (χ1) is 8.24. The Hall–Kier alpha value is -1.03. The predicted molar refractivity (Wildman–Crippen MR) is 79.8 cm³/mol. The van der Waals surface area contributed by atoms with Gasteiger partial charge in [0.25, 0.3) is 0 Å². The van der Waals surface area contributed by atoms with E-state index in [1.807, 2.05) is 0 Å². The maximum atomic E-state index is 3.25. The van der Waals surface area contributed by atoms with Crippen molar-refractivity contribution in [1.82, 2.24) is 0 Å². The highest BCUT2D eigenvalue weighted by Crippen LogP contribution is 1.94. The van der Waals surface area contributed by atoms with Crippen molar-refractivity contribution in [3.8, 4) is 0 Å². The molecule has 1 heteroatoms. The van der Waals surface area contributed by atoms with Crippen LogP contribution in [0.25, 0.3) is 0 Å². The summed E-state index contributed by atoms with van der Waals surface area (Å²) >= 11 is -0.266. The molecule has 87 valence electrons. The van der Waals surface area contributed by atoms with Gasteiger partial charge in [-0.05, 0) is 13.8 Å². The average Bonchev–Trinajstić information content (AvgIpc) is 2.37. The normalized spacial score (nSPS) is 9.18. The Bertz CT molecular complexity index is 383. The predicted octanol–water partition coefficient (Wildman–Crippen LogP) is 2.53. The maximum absolute atomic E-state index is 3.25. The Kier molecular flexibility index (Phi) is 6.05. The SMILES string of the molecule is Cc1cc[c]([AlH][c]2ccc(C)cc2)cc1.[CH2]C. The van der Waals surface area contributed by atoms with Crippen LogP contribution in [0.5, 0.6) is 0 Å². The molecule has 0 aliphatic heterocycles. The van der Waals surface area contributed by atoms with Crippen LogP contribution in [-0.4, -0.2) is 15.2 Å². The summed E-state index contributed by atoms with van der Waals surface area (Å²) in [6, 6.07) is 17.9. The van der Waals surface area contributed by atoms with Crippen molar-refractivity contribution in [2.24, 2.45) is 0 Å². The molecule has 1 radical (unpaired) electrons. The van der Waals surface area contributed by atoms with Gasteiger partial charge in [0.2, 0.25) is 0 Å². The van der Waals surface area contributed by atoms with Gasteiger partial charge in [0.1, 0.15) is 0 Å². The Morgan fingerprint density at radius 3 is 1.24 bits per heavy atom. The second-order valence-corrected chi connectivity index (χ2v) is 6.13. The lowest BCUT2D eigenvalue weighted by Gasteiger charge is -2.01. The fraction of sp³-hybridized carbons (Fsp3) is 0.188. The van der Waals surface area contributed by atoms with Gasteiger partial charge in [0.05, 0.1) is 0 Å². The first kappa shape index (κ1) is 14.0. The van der Waals surface area contributed by atoms with Crippen molar-refractivity contribution in [3.63, 3.8) is 0 Å². The first-order valence-electron chi connectivity index (χ1n) is 6.06. The van der Waals surface area contributed by atoms with Crippen molar-refractivity contribution in [3.05, 3.63) is 66.6 Å². The summed E-state index contributed by atoms with van der Waals surface area (Å²) in [5.74, 6) is 0. The van der Waals surface area contributed by atoms with E-state index in [4.69, 9.17) is 0 Å².